The van der Waals surface area contributed by atoms with Gasteiger partial charge in [0.15, 0.2) is 0 Å². The molecule has 0 fully saturated rings. The molecule has 5 heteroatoms. The van der Waals surface area contributed by atoms with Crippen LogP contribution in [0.5, 0.6) is 5.75 Å². The van der Waals surface area contributed by atoms with Crippen molar-refractivity contribution in [2.45, 2.75) is 0 Å². The van der Waals surface area contributed by atoms with Gasteiger partial charge in [0.2, 0.25) is 6.20 Å². The first kappa shape index (κ1) is 9.91. The minimum Gasteiger partial charge on any atom is -0.423 e. The maximum Gasteiger partial charge on any atom is 0.342 e. The number of rotatable bonds is 3. The predicted octanol–water partition coefficient (Wildman–Crippen LogP) is 1.38. The molecule has 5 nitrogen and oxygen atoms in total. The molecule has 0 bridgehead atoms. The van der Waals surface area contributed by atoms with Gasteiger partial charge >= 0.3 is 5.97 Å². The van der Waals surface area contributed by atoms with Crippen molar-refractivity contribution < 1.29 is 14.5 Å². The molecule has 1 aromatic rings. The van der Waals surface area contributed by atoms with Crippen LogP contribution in [0.25, 0.3) is 0 Å². The van der Waals surface area contributed by atoms with Gasteiger partial charge in [0, 0.05) is 0 Å². The van der Waals surface area contributed by atoms with Crippen LogP contribution < -0.4 is 4.74 Å². The fraction of sp³-hybridized carbons (Fsp3) is 0. The zero-order chi connectivity index (χ0) is 10.4. The molecule has 14 heavy (non-hydrogen) atoms. The van der Waals surface area contributed by atoms with E-state index >= 15 is 0 Å². The highest BCUT2D eigenvalue weighted by Crippen LogP contribution is 2.08. The number of para-hydroxylation sites is 1. The molecule has 0 spiro atoms. The van der Waals surface area contributed by atoms with Crippen LogP contribution in [0, 0.1) is 10.1 Å². The number of nitrogens with zero attached hydrogens (tertiary/aromatic N) is 1. The Labute approximate surface area is 79.8 Å². The molecule has 0 aliphatic rings. The van der Waals surface area contributed by atoms with E-state index in [0.717, 1.165) is 6.08 Å². The number of hydrogen-bond acceptors (Lipinski definition) is 4. The molecule has 0 atom stereocenters. The van der Waals surface area contributed by atoms with E-state index in [2.05, 4.69) is 0 Å². The van der Waals surface area contributed by atoms with Crippen molar-refractivity contribution in [3.05, 3.63) is 52.7 Å². The summed E-state index contributed by atoms with van der Waals surface area (Å²) in [7, 11) is 0. The quantitative estimate of drug-likeness (QED) is 0.239. The number of carbonyl (C=O) groups excluding carboxylic acids is 1. The van der Waals surface area contributed by atoms with Crippen molar-refractivity contribution >= 4 is 5.97 Å². The van der Waals surface area contributed by atoms with Crippen LogP contribution in [-0.2, 0) is 4.79 Å². The smallest absolute Gasteiger partial charge is 0.342 e. The van der Waals surface area contributed by atoms with Crippen molar-refractivity contribution in [1.29, 1.82) is 0 Å². The fourth-order valence-corrected chi connectivity index (χ4v) is 0.760. The van der Waals surface area contributed by atoms with Gasteiger partial charge in [0.25, 0.3) is 0 Å². The van der Waals surface area contributed by atoms with Crippen molar-refractivity contribution in [3.63, 3.8) is 0 Å². The highest BCUT2D eigenvalue weighted by Gasteiger charge is 2.00. The van der Waals surface area contributed by atoms with Crippen molar-refractivity contribution in [2.75, 3.05) is 0 Å². The van der Waals surface area contributed by atoms with Crippen LogP contribution >= 0.6 is 0 Å². The van der Waals surface area contributed by atoms with Gasteiger partial charge in [-0.2, -0.15) is 0 Å². The molecule has 1 rings (SSSR count). The average Bonchev–Trinajstić information content (AvgIpc) is 2.16. The van der Waals surface area contributed by atoms with Crippen molar-refractivity contribution in [2.24, 2.45) is 0 Å². The molecule has 0 radical (unpaired) electrons. The second-order valence-corrected chi connectivity index (χ2v) is 2.34. The van der Waals surface area contributed by atoms with E-state index in [0.29, 0.717) is 11.9 Å². The maximum atomic E-state index is 10.9. The summed E-state index contributed by atoms with van der Waals surface area (Å²) in [6.07, 6.45) is 1.29. The first-order valence-corrected chi connectivity index (χ1v) is 3.77. The standard InChI is InChI=1S/C9H7NO4/c11-9(6-7-10(12)13)14-8-4-2-1-3-5-8/h1-7H. The molecular weight excluding hydrogens is 186 g/mol. The lowest BCUT2D eigenvalue weighted by Gasteiger charge is -1.98. The molecule has 0 N–H and O–H groups in total. The zero-order valence-electron chi connectivity index (χ0n) is 7.12. The molecule has 0 unspecified atom stereocenters. The number of ether oxygens (including phenoxy) is 1. The Balaban J connectivity index is 2.54. The van der Waals surface area contributed by atoms with Crippen molar-refractivity contribution in [1.82, 2.24) is 0 Å². The number of carbonyl (C=O) groups is 1. The maximum absolute atomic E-state index is 10.9. The van der Waals surface area contributed by atoms with Gasteiger partial charge in [-0.1, -0.05) is 18.2 Å². The Morgan fingerprint density at radius 1 is 1.36 bits per heavy atom. The second kappa shape index (κ2) is 4.76. The SMILES string of the molecule is O=C(C=C[N+](=O)[O-])Oc1ccccc1. The average molecular weight is 193 g/mol. The van der Waals surface area contributed by atoms with E-state index in [1.807, 2.05) is 0 Å². The summed E-state index contributed by atoms with van der Waals surface area (Å²) in [6.45, 7) is 0. The zero-order valence-corrected chi connectivity index (χ0v) is 7.12. The number of hydrogen-bond donors (Lipinski definition) is 0. The third-order valence-electron chi connectivity index (χ3n) is 1.29. The third-order valence-corrected chi connectivity index (χ3v) is 1.29. The number of benzene rings is 1. The molecule has 72 valence electrons. The van der Waals surface area contributed by atoms with Crippen molar-refractivity contribution in [3.8, 4) is 5.75 Å². The van der Waals surface area contributed by atoms with Crippen LogP contribution in [0.2, 0.25) is 0 Å². The van der Waals surface area contributed by atoms with Crippen LogP contribution in [0.4, 0.5) is 0 Å². The van der Waals surface area contributed by atoms with Gasteiger partial charge < -0.3 is 4.74 Å². The topological polar surface area (TPSA) is 69.4 Å². The summed E-state index contributed by atoms with van der Waals surface area (Å²) in [5.74, 6) is -0.418. The van der Waals surface area contributed by atoms with E-state index in [4.69, 9.17) is 4.74 Å². The van der Waals surface area contributed by atoms with E-state index in [1.165, 1.54) is 0 Å². The van der Waals surface area contributed by atoms with Crippen LogP contribution in [0.15, 0.2) is 42.6 Å². The minimum atomic E-state index is -0.770. The van der Waals surface area contributed by atoms with E-state index in [1.54, 1.807) is 30.3 Å². The Bertz CT molecular complexity index is 358. The summed E-state index contributed by atoms with van der Waals surface area (Å²) < 4.78 is 4.73. The summed E-state index contributed by atoms with van der Waals surface area (Å²) >= 11 is 0. The van der Waals surface area contributed by atoms with E-state index < -0.39 is 10.9 Å². The van der Waals surface area contributed by atoms with E-state index in [-0.39, 0.29) is 0 Å². The molecule has 0 saturated heterocycles. The van der Waals surface area contributed by atoms with Gasteiger partial charge in [-0.25, -0.2) is 4.79 Å². The lowest BCUT2D eigenvalue weighted by molar-refractivity contribution is -0.402. The Morgan fingerprint density at radius 2 is 2.00 bits per heavy atom. The molecular formula is C9H7NO4. The lowest BCUT2D eigenvalue weighted by Crippen LogP contribution is -2.04. The second-order valence-electron chi connectivity index (χ2n) is 2.34. The molecule has 0 saturated carbocycles. The summed E-state index contributed by atoms with van der Waals surface area (Å²) in [5, 5.41) is 9.87. The Kier molecular flexibility index (Phi) is 3.37. The normalized spacial score (nSPS) is 10.0. The lowest BCUT2D eigenvalue weighted by atomic mass is 10.3. The summed E-state index contributed by atoms with van der Waals surface area (Å²) in [6, 6.07) is 8.32. The monoisotopic (exact) mass is 193 g/mol. The van der Waals surface area contributed by atoms with Gasteiger partial charge in [0.05, 0.1) is 11.0 Å². The largest absolute Gasteiger partial charge is 0.423 e. The van der Waals surface area contributed by atoms with Crippen LogP contribution in [0.3, 0.4) is 0 Å². The minimum absolute atomic E-state index is 0.352. The fourth-order valence-electron chi connectivity index (χ4n) is 0.760. The van der Waals surface area contributed by atoms with Gasteiger partial charge in [0.1, 0.15) is 5.75 Å². The highest BCUT2D eigenvalue weighted by atomic mass is 16.6. The van der Waals surface area contributed by atoms with E-state index in [9.17, 15) is 14.9 Å². The molecule has 0 heterocycles. The Morgan fingerprint density at radius 3 is 2.57 bits per heavy atom. The first-order valence-electron chi connectivity index (χ1n) is 3.77. The number of esters is 1. The highest BCUT2D eigenvalue weighted by molar-refractivity contribution is 5.83. The van der Waals surface area contributed by atoms with Crippen LogP contribution in [0.1, 0.15) is 0 Å². The molecule has 0 aliphatic heterocycles. The van der Waals surface area contributed by atoms with Gasteiger partial charge in [-0.05, 0) is 12.1 Å². The summed E-state index contributed by atoms with van der Waals surface area (Å²) in [4.78, 5) is 20.0. The summed E-state index contributed by atoms with van der Waals surface area (Å²) in [5.41, 5.74) is 0. The third kappa shape index (κ3) is 3.48. The Hall–Kier alpha value is -2.17. The van der Waals surface area contributed by atoms with Crippen LogP contribution in [-0.4, -0.2) is 10.9 Å². The molecule has 0 amide bonds. The number of nitro groups is 1. The van der Waals surface area contributed by atoms with Gasteiger partial charge in [-0.15, -0.1) is 0 Å². The first-order chi connectivity index (χ1) is 6.68. The van der Waals surface area contributed by atoms with Gasteiger partial charge in [-0.3, -0.25) is 10.1 Å². The predicted molar refractivity (Wildman–Crippen MR) is 48.2 cm³/mol. The molecule has 0 aliphatic carbocycles. The molecule has 0 aromatic heterocycles. The molecule has 1 aromatic carbocycles.